The fourth-order valence-electron chi connectivity index (χ4n) is 2.19. The van der Waals surface area contributed by atoms with Crippen molar-refractivity contribution in [2.24, 2.45) is 16.5 Å². The number of aryl methyl sites for hydroxylation is 1. The molecule has 0 fully saturated rings. The van der Waals surface area contributed by atoms with Crippen LogP contribution >= 0.6 is 0 Å². The molecule has 0 saturated heterocycles. The number of nitrogens with zero attached hydrogens (tertiary/aromatic N) is 1. The van der Waals surface area contributed by atoms with Gasteiger partial charge in [-0.05, 0) is 36.2 Å². The Labute approximate surface area is 144 Å². The summed E-state index contributed by atoms with van der Waals surface area (Å²) in [5.41, 5.74) is 6.78. The van der Waals surface area contributed by atoms with Crippen LogP contribution in [0.5, 0.6) is 0 Å². The molecular weight excluding hydrogens is 360 g/mol. The highest BCUT2D eigenvalue weighted by molar-refractivity contribution is 6.05. The van der Waals surface area contributed by atoms with Crippen molar-refractivity contribution in [3.8, 4) is 11.1 Å². The van der Waals surface area contributed by atoms with E-state index in [1.807, 2.05) is 0 Å². The first-order valence-electron chi connectivity index (χ1n) is 7.13. The zero-order chi connectivity index (χ0) is 19.6. The molecule has 0 aliphatic heterocycles. The molecule has 0 spiro atoms. The van der Waals surface area contributed by atoms with E-state index < -0.39 is 40.7 Å². The van der Waals surface area contributed by atoms with Crippen LogP contribution in [0.3, 0.4) is 0 Å². The second kappa shape index (κ2) is 7.11. The number of benzene rings is 2. The first-order chi connectivity index (χ1) is 12.0. The standard InChI is InChI=1S/C17H13F6N3/c1-8-4-9(2-3-12(8)19)11-5-10(18)6-13(20)15(11)26-16(14(25)7-24)17(21,22)23/h2-7H,24-25H2,1H3. The lowest BCUT2D eigenvalue weighted by Crippen LogP contribution is -2.29. The fraction of sp³-hybridized carbons (Fsp3) is 0.118. The lowest BCUT2D eigenvalue weighted by Gasteiger charge is -2.14. The SMILES string of the molecule is Cc1cc(-c2cc(F)cc(F)c2N=C(C(N)=CN)C(F)(F)F)ccc1F. The van der Waals surface area contributed by atoms with Gasteiger partial charge in [0.15, 0.2) is 11.5 Å². The maximum Gasteiger partial charge on any atom is 0.435 e. The summed E-state index contributed by atoms with van der Waals surface area (Å²) in [5.74, 6) is -2.95. The summed E-state index contributed by atoms with van der Waals surface area (Å²) in [6.07, 6.45) is -4.56. The molecule has 4 N–H and O–H groups in total. The molecule has 3 nitrogen and oxygen atoms in total. The Kier molecular flexibility index (Phi) is 5.29. The third kappa shape index (κ3) is 3.98. The minimum absolute atomic E-state index is 0.0814. The van der Waals surface area contributed by atoms with E-state index in [2.05, 4.69) is 4.99 Å². The van der Waals surface area contributed by atoms with Crippen LogP contribution in [0.15, 0.2) is 47.2 Å². The number of hydrogen-bond donors (Lipinski definition) is 2. The molecular formula is C17H13F6N3. The van der Waals surface area contributed by atoms with E-state index in [9.17, 15) is 26.3 Å². The van der Waals surface area contributed by atoms with Crippen molar-refractivity contribution in [2.45, 2.75) is 13.1 Å². The van der Waals surface area contributed by atoms with E-state index in [1.165, 1.54) is 19.1 Å². The Hall–Kier alpha value is -2.97. The molecule has 2 rings (SSSR count). The second-order valence-corrected chi connectivity index (χ2v) is 5.33. The summed E-state index contributed by atoms with van der Waals surface area (Å²) < 4.78 is 80.7. The molecule has 0 unspecified atom stereocenters. The Bertz CT molecular complexity index is 900. The van der Waals surface area contributed by atoms with Crippen LogP contribution in [0.4, 0.5) is 32.0 Å². The number of aliphatic imine (C=N–C) groups is 1. The van der Waals surface area contributed by atoms with Gasteiger partial charge in [0.2, 0.25) is 0 Å². The third-order valence-corrected chi connectivity index (χ3v) is 3.44. The second-order valence-electron chi connectivity index (χ2n) is 5.33. The quantitative estimate of drug-likeness (QED) is 0.616. The van der Waals surface area contributed by atoms with Gasteiger partial charge in [-0.1, -0.05) is 6.07 Å². The summed E-state index contributed by atoms with van der Waals surface area (Å²) >= 11 is 0. The van der Waals surface area contributed by atoms with Crippen LogP contribution in [-0.2, 0) is 0 Å². The molecule has 138 valence electrons. The third-order valence-electron chi connectivity index (χ3n) is 3.44. The number of nitrogens with two attached hydrogens (primary N) is 2. The minimum Gasteiger partial charge on any atom is -0.403 e. The van der Waals surface area contributed by atoms with Crippen molar-refractivity contribution < 1.29 is 26.3 Å². The highest BCUT2D eigenvalue weighted by atomic mass is 19.4. The Morgan fingerprint density at radius 1 is 1.04 bits per heavy atom. The van der Waals surface area contributed by atoms with Gasteiger partial charge in [0.25, 0.3) is 0 Å². The molecule has 0 aliphatic rings. The molecule has 0 amide bonds. The summed E-state index contributed by atoms with van der Waals surface area (Å²) in [6.45, 7) is 1.40. The van der Waals surface area contributed by atoms with Gasteiger partial charge in [0.1, 0.15) is 17.3 Å². The van der Waals surface area contributed by atoms with Crippen molar-refractivity contribution in [2.75, 3.05) is 0 Å². The minimum atomic E-state index is -5.03. The Morgan fingerprint density at radius 2 is 1.69 bits per heavy atom. The monoisotopic (exact) mass is 373 g/mol. The highest BCUT2D eigenvalue weighted by Gasteiger charge is 2.38. The number of alkyl halides is 3. The topological polar surface area (TPSA) is 64.4 Å². The van der Waals surface area contributed by atoms with Gasteiger partial charge < -0.3 is 11.5 Å². The maximum atomic E-state index is 14.2. The molecule has 2 aromatic carbocycles. The van der Waals surface area contributed by atoms with Gasteiger partial charge in [-0.15, -0.1) is 0 Å². The number of halogens is 6. The van der Waals surface area contributed by atoms with Gasteiger partial charge in [-0.3, -0.25) is 0 Å². The fourth-order valence-corrected chi connectivity index (χ4v) is 2.19. The molecule has 9 heteroatoms. The maximum absolute atomic E-state index is 14.2. The van der Waals surface area contributed by atoms with Crippen LogP contribution in [0, 0.1) is 24.4 Å². The van der Waals surface area contributed by atoms with E-state index >= 15 is 0 Å². The number of rotatable bonds is 3. The molecule has 0 aromatic heterocycles. The molecule has 2 aromatic rings. The molecule has 0 atom stereocenters. The molecule has 0 aliphatic carbocycles. The van der Waals surface area contributed by atoms with Gasteiger partial charge in [0.05, 0.1) is 5.70 Å². The van der Waals surface area contributed by atoms with E-state index in [4.69, 9.17) is 11.5 Å². The van der Waals surface area contributed by atoms with Gasteiger partial charge in [0, 0.05) is 17.8 Å². The zero-order valence-electron chi connectivity index (χ0n) is 13.3. The summed E-state index contributed by atoms with van der Waals surface area (Å²) in [5, 5.41) is 0. The zero-order valence-corrected chi connectivity index (χ0v) is 13.3. The van der Waals surface area contributed by atoms with Crippen molar-refractivity contribution in [1.82, 2.24) is 0 Å². The van der Waals surface area contributed by atoms with Gasteiger partial charge in [-0.2, -0.15) is 13.2 Å². The molecule has 0 radical (unpaired) electrons. The molecule has 0 saturated carbocycles. The average Bonchev–Trinajstić information content (AvgIpc) is 2.54. The van der Waals surface area contributed by atoms with Crippen LogP contribution in [0.25, 0.3) is 11.1 Å². The average molecular weight is 373 g/mol. The van der Waals surface area contributed by atoms with Gasteiger partial charge in [-0.25, -0.2) is 18.2 Å². The highest BCUT2D eigenvalue weighted by Crippen LogP contribution is 2.36. The van der Waals surface area contributed by atoms with Crippen molar-refractivity contribution >= 4 is 11.4 Å². The summed E-state index contributed by atoms with van der Waals surface area (Å²) in [7, 11) is 0. The lowest BCUT2D eigenvalue weighted by atomic mass is 10.0. The molecule has 0 heterocycles. The first-order valence-corrected chi connectivity index (χ1v) is 7.13. The largest absolute Gasteiger partial charge is 0.435 e. The van der Waals surface area contributed by atoms with E-state index in [-0.39, 0.29) is 16.7 Å². The van der Waals surface area contributed by atoms with E-state index in [1.54, 1.807) is 0 Å². The lowest BCUT2D eigenvalue weighted by molar-refractivity contribution is -0.0582. The Balaban J connectivity index is 2.80. The molecule has 0 bridgehead atoms. The van der Waals surface area contributed by atoms with Crippen LogP contribution < -0.4 is 11.5 Å². The molecule has 26 heavy (non-hydrogen) atoms. The van der Waals surface area contributed by atoms with Crippen LogP contribution in [-0.4, -0.2) is 11.9 Å². The predicted octanol–water partition coefficient (Wildman–Crippen LogP) is 4.47. The van der Waals surface area contributed by atoms with E-state index in [0.29, 0.717) is 12.3 Å². The normalized spacial score (nSPS) is 13.2. The van der Waals surface area contributed by atoms with Crippen molar-refractivity contribution in [3.05, 3.63) is 65.2 Å². The van der Waals surface area contributed by atoms with Crippen molar-refractivity contribution in [1.29, 1.82) is 0 Å². The smallest absolute Gasteiger partial charge is 0.403 e. The number of allylic oxidation sites excluding steroid dienone is 1. The Morgan fingerprint density at radius 3 is 2.23 bits per heavy atom. The number of hydrogen-bond acceptors (Lipinski definition) is 3. The summed E-state index contributed by atoms with van der Waals surface area (Å²) in [4.78, 5) is 3.25. The van der Waals surface area contributed by atoms with Crippen LogP contribution in [0.2, 0.25) is 0 Å². The predicted molar refractivity (Wildman–Crippen MR) is 86.1 cm³/mol. The van der Waals surface area contributed by atoms with Crippen molar-refractivity contribution in [3.63, 3.8) is 0 Å². The first kappa shape index (κ1) is 19.4. The van der Waals surface area contributed by atoms with Crippen LogP contribution in [0.1, 0.15) is 5.56 Å². The summed E-state index contributed by atoms with van der Waals surface area (Å²) in [6, 6.07) is 4.61. The van der Waals surface area contributed by atoms with E-state index in [0.717, 1.165) is 12.1 Å². The van der Waals surface area contributed by atoms with Gasteiger partial charge >= 0.3 is 6.18 Å².